The molecule has 1 unspecified atom stereocenters. The highest BCUT2D eigenvalue weighted by molar-refractivity contribution is 5.79. The Hall–Kier alpha value is -1.59. The Bertz CT molecular complexity index is 492. The summed E-state index contributed by atoms with van der Waals surface area (Å²) in [6, 6.07) is 8.12. The average molecular weight is 335 g/mol. The Morgan fingerprint density at radius 2 is 1.83 bits per heavy atom. The molecule has 0 aliphatic heterocycles. The number of rotatable bonds is 8. The summed E-state index contributed by atoms with van der Waals surface area (Å²) in [5, 5.41) is 16.7. The number of ether oxygens (including phenoxy) is 1. The highest BCUT2D eigenvalue weighted by Gasteiger charge is 2.14. The first-order valence-corrected chi connectivity index (χ1v) is 8.76. The molecule has 0 aliphatic rings. The number of hydrogen-bond acceptors (Lipinski definition) is 3. The van der Waals surface area contributed by atoms with Crippen LogP contribution in [0, 0.1) is 0 Å². The van der Waals surface area contributed by atoms with E-state index in [-0.39, 0.29) is 5.41 Å². The number of aliphatic imine (C=N–C) groups is 1. The fourth-order valence-electron chi connectivity index (χ4n) is 2.22. The molecule has 1 aromatic carbocycles. The van der Waals surface area contributed by atoms with Crippen LogP contribution in [0.4, 0.5) is 0 Å². The summed E-state index contributed by atoms with van der Waals surface area (Å²) in [5.41, 5.74) is 2.26. The SMILES string of the molecule is CCNC(=NCC(O)c1ccc(C(C)(C)C)cc1)NCCOCC. The lowest BCUT2D eigenvalue weighted by atomic mass is 9.86. The quantitative estimate of drug-likeness (QED) is 0.388. The van der Waals surface area contributed by atoms with Gasteiger partial charge in [-0.1, -0.05) is 45.0 Å². The minimum atomic E-state index is -0.610. The van der Waals surface area contributed by atoms with E-state index in [9.17, 15) is 5.11 Å². The van der Waals surface area contributed by atoms with E-state index in [0.29, 0.717) is 32.3 Å². The lowest BCUT2D eigenvalue weighted by Crippen LogP contribution is -2.39. The number of nitrogens with zero attached hydrogens (tertiary/aromatic N) is 1. The van der Waals surface area contributed by atoms with Crippen LogP contribution in [0.1, 0.15) is 51.8 Å². The van der Waals surface area contributed by atoms with Gasteiger partial charge in [-0.15, -0.1) is 0 Å². The summed E-state index contributed by atoms with van der Waals surface area (Å²) in [6.45, 7) is 13.7. The number of nitrogens with one attached hydrogen (secondary N) is 2. The molecule has 3 N–H and O–H groups in total. The van der Waals surface area contributed by atoms with E-state index in [1.165, 1.54) is 5.56 Å². The van der Waals surface area contributed by atoms with Crippen LogP contribution < -0.4 is 10.6 Å². The second-order valence-corrected chi connectivity index (χ2v) is 6.73. The van der Waals surface area contributed by atoms with Crippen molar-refractivity contribution in [2.45, 2.75) is 46.1 Å². The van der Waals surface area contributed by atoms with Crippen molar-refractivity contribution >= 4 is 5.96 Å². The fraction of sp³-hybridized carbons (Fsp3) is 0.632. The minimum absolute atomic E-state index is 0.115. The zero-order valence-corrected chi connectivity index (χ0v) is 15.7. The van der Waals surface area contributed by atoms with E-state index in [1.807, 2.05) is 26.0 Å². The first-order valence-electron chi connectivity index (χ1n) is 8.76. The van der Waals surface area contributed by atoms with Gasteiger partial charge in [-0.05, 0) is 30.4 Å². The molecule has 0 spiro atoms. The Kier molecular flexibility index (Phi) is 8.79. The van der Waals surface area contributed by atoms with Crippen LogP contribution >= 0.6 is 0 Å². The fourth-order valence-corrected chi connectivity index (χ4v) is 2.22. The van der Waals surface area contributed by atoms with E-state index < -0.39 is 6.10 Å². The molecule has 1 rings (SSSR count). The van der Waals surface area contributed by atoms with Gasteiger partial charge in [0.15, 0.2) is 5.96 Å². The van der Waals surface area contributed by atoms with Crippen molar-refractivity contribution in [2.75, 3.05) is 32.8 Å². The maximum Gasteiger partial charge on any atom is 0.191 e. The molecular weight excluding hydrogens is 302 g/mol. The van der Waals surface area contributed by atoms with E-state index >= 15 is 0 Å². The van der Waals surface area contributed by atoms with Gasteiger partial charge >= 0.3 is 0 Å². The Morgan fingerprint density at radius 3 is 2.38 bits per heavy atom. The summed E-state index contributed by atoms with van der Waals surface area (Å²) in [4.78, 5) is 4.45. The maximum absolute atomic E-state index is 10.4. The molecular formula is C19H33N3O2. The van der Waals surface area contributed by atoms with Crippen LogP contribution in [0.25, 0.3) is 0 Å². The van der Waals surface area contributed by atoms with Crippen LogP contribution in [-0.4, -0.2) is 43.9 Å². The number of hydrogen-bond donors (Lipinski definition) is 3. The predicted octanol–water partition coefficient (Wildman–Crippen LogP) is 2.61. The molecule has 0 fully saturated rings. The van der Waals surface area contributed by atoms with E-state index in [1.54, 1.807) is 0 Å². The summed E-state index contributed by atoms with van der Waals surface area (Å²) in [6.07, 6.45) is -0.610. The molecule has 5 nitrogen and oxygen atoms in total. The van der Waals surface area contributed by atoms with Gasteiger partial charge in [0, 0.05) is 19.7 Å². The van der Waals surface area contributed by atoms with Crippen LogP contribution in [0.3, 0.4) is 0 Å². The van der Waals surface area contributed by atoms with Crippen molar-refractivity contribution in [1.82, 2.24) is 10.6 Å². The molecule has 24 heavy (non-hydrogen) atoms. The molecule has 0 saturated carbocycles. The van der Waals surface area contributed by atoms with Crippen molar-refractivity contribution in [3.63, 3.8) is 0 Å². The summed E-state index contributed by atoms with van der Waals surface area (Å²) >= 11 is 0. The molecule has 0 bridgehead atoms. The third kappa shape index (κ3) is 7.32. The van der Waals surface area contributed by atoms with Crippen molar-refractivity contribution in [2.24, 2.45) is 4.99 Å². The van der Waals surface area contributed by atoms with E-state index in [4.69, 9.17) is 4.74 Å². The van der Waals surface area contributed by atoms with Crippen LogP contribution in [0.5, 0.6) is 0 Å². The van der Waals surface area contributed by atoms with Gasteiger partial charge in [-0.3, -0.25) is 4.99 Å². The lowest BCUT2D eigenvalue weighted by molar-refractivity contribution is 0.152. The third-order valence-electron chi connectivity index (χ3n) is 3.67. The van der Waals surface area contributed by atoms with Gasteiger partial charge < -0.3 is 20.5 Å². The van der Waals surface area contributed by atoms with E-state index in [0.717, 1.165) is 12.1 Å². The number of benzene rings is 1. The molecule has 1 aromatic rings. The standard InChI is InChI=1S/C19H33N3O2/c1-6-20-18(21-12-13-24-7-2)22-14-17(23)15-8-10-16(11-9-15)19(3,4)5/h8-11,17,23H,6-7,12-14H2,1-5H3,(H2,20,21,22). The smallest absolute Gasteiger partial charge is 0.191 e. The molecule has 0 aromatic heterocycles. The van der Waals surface area contributed by atoms with Crippen molar-refractivity contribution in [3.05, 3.63) is 35.4 Å². The zero-order chi connectivity index (χ0) is 18.0. The molecule has 0 amide bonds. The van der Waals surface area contributed by atoms with Gasteiger partial charge in [-0.25, -0.2) is 0 Å². The Labute approximate surface area is 146 Å². The maximum atomic E-state index is 10.4. The Morgan fingerprint density at radius 1 is 1.17 bits per heavy atom. The topological polar surface area (TPSA) is 65.9 Å². The number of aliphatic hydroxyl groups is 1. The molecule has 0 saturated heterocycles. The lowest BCUT2D eigenvalue weighted by Gasteiger charge is -2.20. The highest BCUT2D eigenvalue weighted by atomic mass is 16.5. The van der Waals surface area contributed by atoms with Gasteiger partial charge in [-0.2, -0.15) is 0 Å². The van der Waals surface area contributed by atoms with Gasteiger partial charge in [0.2, 0.25) is 0 Å². The monoisotopic (exact) mass is 335 g/mol. The molecule has 0 radical (unpaired) electrons. The Balaban J connectivity index is 2.61. The van der Waals surface area contributed by atoms with Crippen LogP contribution in [-0.2, 0) is 10.2 Å². The second kappa shape index (κ2) is 10.3. The van der Waals surface area contributed by atoms with Gasteiger partial charge in [0.25, 0.3) is 0 Å². The van der Waals surface area contributed by atoms with Crippen molar-refractivity contribution in [3.8, 4) is 0 Å². The molecule has 1 atom stereocenters. The predicted molar refractivity (Wildman–Crippen MR) is 101 cm³/mol. The number of guanidine groups is 1. The van der Waals surface area contributed by atoms with Crippen molar-refractivity contribution < 1.29 is 9.84 Å². The normalized spacial score (nSPS) is 13.7. The third-order valence-corrected chi connectivity index (χ3v) is 3.67. The minimum Gasteiger partial charge on any atom is -0.386 e. The molecule has 136 valence electrons. The first kappa shape index (κ1) is 20.5. The summed E-state index contributed by atoms with van der Waals surface area (Å²) < 4.78 is 5.30. The first-order chi connectivity index (χ1) is 11.4. The largest absolute Gasteiger partial charge is 0.386 e. The number of aliphatic hydroxyl groups excluding tert-OH is 1. The molecule has 0 aliphatic carbocycles. The van der Waals surface area contributed by atoms with Crippen LogP contribution in [0.2, 0.25) is 0 Å². The zero-order valence-electron chi connectivity index (χ0n) is 15.7. The highest BCUT2D eigenvalue weighted by Crippen LogP contribution is 2.24. The second-order valence-electron chi connectivity index (χ2n) is 6.73. The molecule has 0 heterocycles. The van der Waals surface area contributed by atoms with Crippen LogP contribution in [0.15, 0.2) is 29.3 Å². The summed E-state index contributed by atoms with van der Waals surface area (Å²) in [5.74, 6) is 0.697. The average Bonchev–Trinajstić information content (AvgIpc) is 2.55. The molecule has 5 heteroatoms. The van der Waals surface area contributed by atoms with Crippen molar-refractivity contribution in [1.29, 1.82) is 0 Å². The van der Waals surface area contributed by atoms with Gasteiger partial charge in [0.05, 0.1) is 19.3 Å². The van der Waals surface area contributed by atoms with Gasteiger partial charge in [0.1, 0.15) is 0 Å². The summed E-state index contributed by atoms with van der Waals surface area (Å²) in [7, 11) is 0. The van der Waals surface area contributed by atoms with E-state index in [2.05, 4.69) is 48.5 Å².